The summed E-state index contributed by atoms with van der Waals surface area (Å²) in [5.74, 6) is 0.837. The van der Waals surface area contributed by atoms with Crippen molar-refractivity contribution in [3.8, 4) is 11.5 Å². The quantitative estimate of drug-likeness (QED) is 0.463. The maximum absolute atomic E-state index is 10.9. The molecule has 9 heteroatoms. The molecule has 2 aromatic carbocycles. The van der Waals surface area contributed by atoms with Gasteiger partial charge in [0.1, 0.15) is 11.9 Å². The van der Waals surface area contributed by atoms with Crippen LogP contribution in [0, 0.1) is 5.92 Å². The minimum Gasteiger partial charge on any atom is -0.490 e. The lowest BCUT2D eigenvalue weighted by Gasteiger charge is -2.38. The third-order valence-corrected chi connectivity index (χ3v) is 7.52. The molecule has 4 rings (SSSR count). The van der Waals surface area contributed by atoms with Gasteiger partial charge in [-0.15, -0.1) is 0 Å². The van der Waals surface area contributed by atoms with E-state index >= 15 is 0 Å². The molecule has 2 heterocycles. The van der Waals surface area contributed by atoms with Crippen LogP contribution < -0.4 is 14.4 Å². The number of piperidine rings is 2. The first-order chi connectivity index (χ1) is 16.4. The molecular weight excluding hydrogens is 499 g/mol. The normalized spacial score (nSPS) is 18.1. The number of rotatable bonds is 8. The van der Waals surface area contributed by atoms with Gasteiger partial charge in [-0.3, -0.25) is 0 Å². The van der Waals surface area contributed by atoms with E-state index in [1.807, 2.05) is 18.2 Å². The van der Waals surface area contributed by atoms with Crippen molar-refractivity contribution < 1.29 is 19.4 Å². The van der Waals surface area contributed by atoms with E-state index in [-0.39, 0.29) is 6.10 Å². The highest BCUT2D eigenvalue weighted by Gasteiger charge is 2.27. The number of para-hydroxylation sites is 1. The summed E-state index contributed by atoms with van der Waals surface area (Å²) in [6, 6.07) is 11.0. The van der Waals surface area contributed by atoms with Gasteiger partial charge in [0, 0.05) is 38.8 Å². The molecule has 0 aromatic heterocycles. The van der Waals surface area contributed by atoms with Gasteiger partial charge in [-0.05, 0) is 55.9 Å². The van der Waals surface area contributed by atoms with Crippen LogP contribution in [0.3, 0.4) is 0 Å². The van der Waals surface area contributed by atoms with Crippen LogP contribution in [0.2, 0.25) is 15.1 Å². The molecule has 1 N–H and O–H groups in total. The van der Waals surface area contributed by atoms with Gasteiger partial charge in [-0.25, -0.2) is 4.79 Å². The van der Waals surface area contributed by atoms with Gasteiger partial charge in [-0.2, -0.15) is 0 Å². The SMILES string of the molecule is O=C(O)COc1c(Cl)cccc1N1CCC(CN2CCC(Oc3ccc(Cl)c(Cl)c3)CC2)CC1. The molecule has 2 aromatic rings. The lowest BCUT2D eigenvalue weighted by molar-refractivity contribution is -0.139. The molecular formula is C25H29Cl3N2O4. The van der Waals surface area contributed by atoms with Gasteiger partial charge in [0.15, 0.2) is 12.4 Å². The molecule has 34 heavy (non-hydrogen) atoms. The molecule has 6 nitrogen and oxygen atoms in total. The summed E-state index contributed by atoms with van der Waals surface area (Å²) in [5, 5.41) is 10.5. The summed E-state index contributed by atoms with van der Waals surface area (Å²) in [4.78, 5) is 15.7. The maximum Gasteiger partial charge on any atom is 0.341 e. The minimum absolute atomic E-state index is 0.197. The van der Waals surface area contributed by atoms with Crippen molar-refractivity contribution in [3.63, 3.8) is 0 Å². The number of ether oxygens (including phenoxy) is 2. The van der Waals surface area contributed by atoms with Gasteiger partial charge in [-0.1, -0.05) is 40.9 Å². The zero-order chi connectivity index (χ0) is 24.1. The zero-order valence-electron chi connectivity index (χ0n) is 18.9. The standard InChI is InChI=1S/C25H29Cl3N2O4/c26-20-5-4-19(14-22(20)28)34-18-8-10-29(11-9-18)15-17-6-12-30(13-7-17)23-3-1-2-21(27)25(23)33-16-24(31)32/h1-5,14,17-18H,6-13,15-16H2,(H,31,32). The van der Waals surface area contributed by atoms with E-state index in [0.29, 0.717) is 26.7 Å². The average Bonchev–Trinajstić information content (AvgIpc) is 2.82. The Kier molecular flexibility index (Phi) is 8.70. The molecule has 0 radical (unpaired) electrons. The molecule has 0 saturated carbocycles. The summed E-state index contributed by atoms with van der Waals surface area (Å²) in [7, 11) is 0. The first-order valence-corrected chi connectivity index (χ1v) is 12.7. The third kappa shape index (κ3) is 6.63. The zero-order valence-corrected chi connectivity index (χ0v) is 21.2. The van der Waals surface area contributed by atoms with Crippen LogP contribution in [-0.2, 0) is 4.79 Å². The van der Waals surface area contributed by atoms with Crippen molar-refractivity contribution in [1.29, 1.82) is 0 Å². The lowest BCUT2D eigenvalue weighted by Crippen LogP contribution is -2.43. The fourth-order valence-electron chi connectivity index (χ4n) is 4.70. The molecule has 2 saturated heterocycles. The maximum atomic E-state index is 10.9. The Balaban J connectivity index is 1.23. The number of hydrogen-bond acceptors (Lipinski definition) is 5. The van der Waals surface area contributed by atoms with Crippen LogP contribution in [0.4, 0.5) is 5.69 Å². The van der Waals surface area contributed by atoms with E-state index in [4.69, 9.17) is 49.4 Å². The Bertz CT molecular complexity index is 990. The molecule has 184 valence electrons. The molecule has 0 unspecified atom stereocenters. The second-order valence-corrected chi connectivity index (χ2v) is 10.1. The fraction of sp³-hybridized carbons (Fsp3) is 0.480. The number of nitrogens with zero attached hydrogens (tertiary/aromatic N) is 2. The van der Waals surface area contributed by atoms with Crippen LogP contribution in [0.5, 0.6) is 11.5 Å². The van der Waals surface area contributed by atoms with Crippen molar-refractivity contribution in [2.45, 2.75) is 31.8 Å². The van der Waals surface area contributed by atoms with Gasteiger partial charge >= 0.3 is 5.97 Å². The Morgan fingerprint density at radius 1 is 0.941 bits per heavy atom. The summed E-state index contributed by atoms with van der Waals surface area (Å²) < 4.78 is 11.6. The molecule has 2 fully saturated rings. The van der Waals surface area contributed by atoms with E-state index < -0.39 is 12.6 Å². The number of likely N-dealkylation sites (tertiary alicyclic amines) is 1. The minimum atomic E-state index is -1.02. The van der Waals surface area contributed by atoms with Crippen LogP contribution in [-0.4, -0.2) is 61.4 Å². The van der Waals surface area contributed by atoms with E-state index in [0.717, 1.165) is 69.8 Å². The molecule has 0 amide bonds. The predicted octanol–water partition coefficient (Wildman–Crippen LogP) is 5.87. The number of halogens is 3. The Morgan fingerprint density at radius 3 is 2.35 bits per heavy atom. The van der Waals surface area contributed by atoms with Crippen molar-refractivity contribution in [1.82, 2.24) is 4.90 Å². The second-order valence-electron chi connectivity index (χ2n) is 8.89. The molecule has 2 aliphatic heterocycles. The van der Waals surface area contributed by atoms with Crippen LogP contribution in [0.15, 0.2) is 36.4 Å². The number of carbonyl (C=O) groups is 1. The van der Waals surface area contributed by atoms with Crippen molar-refractivity contribution in [2.75, 3.05) is 44.2 Å². The van der Waals surface area contributed by atoms with Crippen LogP contribution in [0.1, 0.15) is 25.7 Å². The summed E-state index contributed by atoms with van der Waals surface area (Å²) in [5.41, 5.74) is 0.868. The van der Waals surface area contributed by atoms with Gasteiger partial charge in [0.2, 0.25) is 0 Å². The topological polar surface area (TPSA) is 62.2 Å². The van der Waals surface area contributed by atoms with Crippen LogP contribution in [0.25, 0.3) is 0 Å². The third-order valence-electron chi connectivity index (χ3n) is 6.49. The van der Waals surface area contributed by atoms with Crippen molar-refractivity contribution >= 4 is 46.5 Å². The molecule has 0 spiro atoms. The largest absolute Gasteiger partial charge is 0.490 e. The molecule has 0 atom stereocenters. The van der Waals surface area contributed by atoms with E-state index in [1.54, 1.807) is 18.2 Å². The number of anilines is 1. The number of hydrogen-bond donors (Lipinski definition) is 1. The smallest absolute Gasteiger partial charge is 0.341 e. The number of carboxylic acids is 1. The summed E-state index contributed by atoms with van der Waals surface area (Å²) in [6.45, 7) is 4.52. The Hall–Kier alpha value is -1.86. The average molecular weight is 528 g/mol. The van der Waals surface area contributed by atoms with Gasteiger partial charge in [0.05, 0.1) is 20.8 Å². The van der Waals surface area contributed by atoms with Gasteiger partial charge < -0.3 is 24.4 Å². The molecule has 0 aliphatic carbocycles. The number of benzene rings is 2. The fourth-order valence-corrected chi connectivity index (χ4v) is 5.21. The van der Waals surface area contributed by atoms with E-state index in [1.165, 1.54) is 0 Å². The second kappa shape index (κ2) is 11.7. The lowest BCUT2D eigenvalue weighted by atomic mass is 9.94. The van der Waals surface area contributed by atoms with Crippen molar-refractivity contribution in [3.05, 3.63) is 51.5 Å². The highest BCUT2D eigenvalue weighted by Crippen LogP contribution is 2.37. The van der Waals surface area contributed by atoms with E-state index in [2.05, 4.69) is 9.80 Å². The first kappa shape index (κ1) is 25.2. The summed E-state index contributed by atoms with van der Waals surface area (Å²) in [6.07, 6.45) is 4.33. The number of carboxylic acid groups (broad SMARTS) is 1. The highest BCUT2D eigenvalue weighted by atomic mass is 35.5. The molecule has 0 bridgehead atoms. The number of aliphatic carboxylic acids is 1. The molecule has 2 aliphatic rings. The highest BCUT2D eigenvalue weighted by molar-refractivity contribution is 6.42. The Labute approximate surface area is 215 Å². The van der Waals surface area contributed by atoms with Crippen molar-refractivity contribution in [2.24, 2.45) is 5.92 Å². The summed E-state index contributed by atoms with van der Waals surface area (Å²) >= 11 is 18.4. The monoisotopic (exact) mass is 526 g/mol. The van der Waals surface area contributed by atoms with Gasteiger partial charge in [0.25, 0.3) is 0 Å². The van der Waals surface area contributed by atoms with Crippen LogP contribution >= 0.6 is 34.8 Å². The van der Waals surface area contributed by atoms with E-state index in [9.17, 15) is 4.79 Å². The predicted molar refractivity (Wildman–Crippen MR) is 136 cm³/mol. The first-order valence-electron chi connectivity index (χ1n) is 11.6. The Morgan fingerprint density at radius 2 is 1.68 bits per heavy atom.